The number of ether oxygens (including phenoxy) is 2. The SMILES string of the molecule is CCOC(=O)N1CCN(C(=O)[C@H]2CCCN(c3ccc(OC)nn3)C2)CC1. The van der Waals surface area contributed by atoms with Crippen molar-refractivity contribution in [2.24, 2.45) is 5.92 Å². The van der Waals surface area contributed by atoms with Crippen molar-refractivity contribution in [3.63, 3.8) is 0 Å². The summed E-state index contributed by atoms with van der Waals surface area (Å²) in [7, 11) is 1.56. The number of amides is 2. The molecule has 0 bridgehead atoms. The van der Waals surface area contributed by atoms with Crippen LogP contribution in [-0.4, -0.2) is 85.0 Å². The number of hydrogen-bond acceptors (Lipinski definition) is 7. The van der Waals surface area contributed by atoms with Crippen molar-refractivity contribution in [2.75, 3.05) is 57.9 Å². The zero-order valence-corrected chi connectivity index (χ0v) is 16.0. The second-order valence-electron chi connectivity index (χ2n) is 6.73. The lowest BCUT2D eigenvalue weighted by molar-refractivity contribution is -0.137. The van der Waals surface area contributed by atoms with Crippen LogP contribution < -0.4 is 9.64 Å². The summed E-state index contributed by atoms with van der Waals surface area (Å²) in [5.74, 6) is 1.34. The van der Waals surface area contributed by atoms with Gasteiger partial charge in [0.2, 0.25) is 11.8 Å². The Morgan fingerprint density at radius 3 is 2.48 bits per heavy atom. The maximum absolute atomic E-state index is 12.9. The summed E-state index contributed by atoms with van der Waals surface area (Å²) in [4.78, 5) is 30.4. The Labute approximate surface area is 159 Å². The molecule has 2 aliphatic heterocycles. The Balaban J connectivity index is 1.55. The van der Waals surface area contributed by atoms with Crippen molar-refractivity contribution in [1.29, 1.82) is 0 Å². The van der Waals surface area contributed by atoms with E-state index in [1.807, 2.05) is 11.0 Å². The Morgan fingerprint density at radius 2 is 1.85 bits per heavy atom. The molecular weight excluding hydrogens is 350 g/mol. The quantitative estimate of drug-likeness (QED) is 0.773. The molecule has 2 fully saturated rings. The maximum atomic E-state index is 12.9. The van der Waals surface area contributed by atoms with E-state index in [1.165, 1.54) is 0 Å². The van der Waals surface area contributed by atoms with Crippen LogP contribution in [0.25, 0.3) is 0 Å². The zero-order chi connectivity index (χ0) is 19.2. The van der Waals surface area contributed by atoms with Gasteiger partial charge >= 0.3 is 6.09 Å². The van der Waals surface area contributed by atoms with Crippen LogP contribution in [0.1, 0.15) is 19.8 Å². The van der Waals surface area contributed by atoms with E-state index < -0.39 is 0 Å². The fourth-order valence-corrected chi connectivity index (χ4v) is 3.56. The number of carbonyl (C=O) groups excluding carboxylic acids is 2. The third-order valence-corrected chi connectivity index (χ3v) is 5.05. The van der Waals surface area contributed by atoms with Gasteiger partial charge in [-0.05, 0) is 25.8 Å². The van der Waals surface area contributed by atoms with Crippen LogP contribution in [0.3, 0.4) is 0 Å². The zero-order valence-electron chi connectivity index (χ0n) is 16.0. The molecule has 0 saturated carbocycles. The Hall–Kier alpha value is -2.58. The number of methoxy groups -OCH3 is 1. The molecule has 0 radical (unpaired) electrons. The first kappa shape index (κ1) is 19.2. The second-order valence-corrected chi connectivity index (χ2v) is 6.73. The molecule has 0 N–H and O–H groups in total. The van der Waals surface area contributed by atoms with E-state index in [9.17, 15) is 9.59 Å². The largest absolute Gasteiger partial charge is 0.480 e. The van der Waals surface area contributed by atoms with Crippen LogP contribution in [0.4, 0.5) is 10.6 Å². The lowest BCUT2D eigenvalue weighted by Gasteiger charge is -2.38. The van der Waals surface area contributed by atoms with Crippen LogP contribution >= 0.6 is 0 Å². The number of rotatable bonds is 4. The van der Waals surface area contributed by atoms with Crippen LogP contribution in [0.2, 0.25) is 0 Å². The average Bonchev–Trinajstić information content (AvgIpc) is 2.73. The van der Waals surface area contributed by atoms with Crippen molar-refractivity contribution in [3.8, 4) is 5.88 Å². The number of nitrogens with zero attached hydrogens (tertiary/aromatic N) is 5. The molecule has 0 spiro atoms. The minimum Gasteiger partial charge on any atom is -0.480 e. The van der Waals surface area contributed by atoms with Crippen LogP contribution in [0, 0.1) is 5.92 Å². The number of anilines is 1. The Bertz CT molecular complexity index is 646. The van der Waals surface area contributed by atoms with Gasteiger partial charge in [0.05, 0.1) is 19.6 Å². The van der Waals surface area contributed by atoms with Crippen LogP contribution in [0.5, 0.6) is 5.88 Å². The molecule has 27 heavy (non-hydrogen) atoms. The predicted molar refractivity (Wildman–Crippen MR) is 98.7 cm³/mol. The highest BCUT2D eigenvalue weighted by molar-refractivity contribution is 5.80. The first-order valence-corrected chi connectivity index (χ1v) is 9.45. The molecule has 0 aliphatic carbocycles. The van der Waals surface area contributed by atoms with Crippen molar-refractivity contribution in [2.45, 2.75) is 19.8 Å². The first-order valence-electron chi connectivity index (χ1n) is 9.45. The smallest absolute Gasteiger partial charge is 0.409 e. The summed E-state index contributed by atoms with van der Waals surface area (Å²) in [6.45, 7) is 5.80. The molecule has 148 valence electrons. The molecule has 2 saturated heterocycles. The summed E-state index contributed by atoms with van der Waals surface area (Å²) in [6, 6.07) is 3.65. The molecule has 2 amide bonds. The van der Waals surface area contributed by atoms with Gasteiger partial charge in [-0.25, -0.2) is 4.79 Å². The number of aromatic nitrogens is 2. The molecule has 1 aromatic heterocycles. The van der Waals surface area contributed by atoms with E-state index in [-0.39, 0.29) is 17.9 Å². The fraction of sp³-hybridized carbons (Fsp3) is 0.667. The molecule has 3 heterocycles. The van der Waals surface area contributed by atoms with Gasteiger partial charge in [-0.1, -0.05) is 0 Å². The van der Waals surface area contributed by atoms with E-state index in [2.05, 4.69) is 15.1 Å². The average molecular weight is 377 g/mol. The van der Waals surface area contributed by atoms with Gasteiger partial charge in [-0.15, -0.1) is 10.2 Å². The molecule has 9 nitrogen and oxygen atoms in total. The molecule has 3 rings (SSSR count). The standard InChI is InChI=1S/C18H27N5O4/c1-3-27-18(25)22-11-9-21(10-12-22)17(24)14-5-4-8-23(13-14)15-6-7-16(26-2)20-19-15/h6-7,14H,3-5,8-13H2,1-2H3/t14-/m0/s1. The van der Waals surface area contributed by atoms with Gasteiger partial charge in [0.15, 0.2) is 5.82 Å². The highest BCUT2D eigenvalue weighted by atomic mass is 16.6. The number of hydrogen-bond donors (Lipinski definition) is 0. The third kappa shape index (κ3) is 4.58. The minimum atomic E-state index is -0.300. The fourth-order valence-electron chi connectivity index (χ4n) is 3.56. The second kappa shape index (κ2) is 8.88. The van der Waals surface area contributed by atoms with Gasteiger partial charge in [-0.3, -0.25) is 4.79 Å². The van der Waals surface area contributed by atoms with Gasteiger partial charge in [-0.2, -0.15) is 0 Å². The molecule has 1 aromatic rings. The lowest BCUT2D eigenvalue weighted by Crippen LogP contribution is -2.53. The molecule has 0 unspecified atom stereocenters. The monoisotopic (exact) mass is 377 g/mol. The van der Waals surface area contributed by atoms with E-state index >= 15 is 0 Å². The lowest BCUT2D eigenvalue weighted by atomic mass is 9.96. The van der Waals surface area contributed by atoms with Crippen molar-refractivity contribution in [1.82, 2.24) is 20.0 Å². The summed E-state index contributed by atoms with van der Waals surface area (Å²) in [5, 5.41) is 8.21. The number of piperazine rings is 1. The predicted octanol–water partition coefficient (Wildman–Crippen LogP) is 1.00. The number of piperidine rings is 1. The van der Waals surface area contributed by atoms with E-state index in [1.54, 1.807) is 25.0 Å². The Morgan fingerprint density at radius 1 is 1.11 bits per heavy atom. The highest BCUT2D eigenvalue weighted by Gasteiger charge is 2.32. The molecular formula is C18H27N5O4. The minimum absolute atomic E-state index is 0.0585. The molecule has 9 heteroatoms. The normalized spacial score (nSPS) is 20.4. The van der Waals surface area contributed by atoms with Gasteiger partial charge in [0.1, 0.15) is 0 Å². The van der Waals surface area contributed by atoms with Crippen molar-refractivity contribution < 1.29 is 19.1 Å². The topological polar surface area (TPSA) is 88.1 Å². The van der Waals surface area contributed by atoms with Crippen molar-refractivity contribution >= 4 is 17.8 Å². The van der Waals surface area contributed by atoms with E-state index in [0.717, 1.165) is 25.2 Å². The molecule has 0 aromatic carbocycles. The van der Waals surface area contributed by atoms with Crippen LogP contribution in [-0.2, 0) is 9.53 Å². The van der Waals surface area contributed by atoms with Gasteiger partial charge in [0, 0.05) is 45.3 Å². The Kier molecular flexibility index (Phi) is 6.31. The molecule has 2 aliphatic rings. The van der Waals surface area contributed by atoms with Gasteiger partial charge < -0.3 is 24.2 Å². The number of carbonyl (C=O) groups is 2. The summed E-state index contributed by atoms with van der Waals surface area (Å²) in [5.41, 5.74) is 0. The van der Waals surface area contributed by atoms with E-state index in [0.29, 0.717) is 45.2 Å². The van der Waals surface area contributed by atoms with Crippen LogP contribution in [0.15, 0.2) is 12.1 Å². The summed E-state index contributed by atoms with van der Waals surface area (Å²) in [6.07, 6.45) is 1.51. The van der Waals surface area contributed by atoms with Crippen molar-refractivity contribution in [3.05, 3.63) is 12.1 Å². The van der Waals surface area contributed by atoms with E-state index in [4.69, 9.17) is 9.47 Å². The highest BCUT2D eigenvalue weighted by Crippen LogP contribution is 2.24. The summed E-state index contributed by atoms with van der Waals surface area (Å²) < 4.78 is 10.1. The van der Waals surface area contributed by atoms with Gasteiger partial charge in [0.25, 0.3) is 0 Å². The molecule has 1 atom stereocenters. The summed E-state index contributed by atoms with van der Waals surface area (Å²) >= 11 is 0. The third-order valence-electron chi connectivity index (χ3n) is 5.05. The maximum Gasteiger partial charge on any atom is 0.409 e. The first-order chi connectivity index (χ1) is 13.1.